The summed E-state index contributed by atoms with van der Waals surface area (Å²) in [4.78, 5) is 17.8. The Morgan fingerprint density at radius 1 is 1.37 bits per heavy atom. The molecule has 0 bridgehead atoms. The van der Waals surface area contributed by atoms with Crippen molar-refractivity contribution in [2.24, 2.45) is 0 Å². The van der Waals surface area contributed by atoms with Crippen molar-refractivity contribution in [2.45, 2.75) is 39.9 Å². The maximum Gasteiger partial charge on any atom is 0.415 e. The number of pyridine rings is 1. The van der Waals surface area contributed by atoms with Gasteiger partial charge >= 0.3 is 6.09 Å². The molecule has 0 aromatic carbocycles. The number of hydrogen-bond donors (Lipinski definition) is 0. The molecule has 0 spiro atoms. The first kappa shape index (κ1) is 15.4. The number of hydrogen-bond acceptors (Lipinski definition) is 4. The van der Waals surface area contributed by atoms with Crippen molar-refractivity contribution in [2.75, 3.05) is 19.1 Å². The molecule has 5 heteroatoms. The van der Waals surface area contributed by atoms with Crippen molar-refractivity contribution in [3.8, 4) is 0 Å². The van der Waals surface area contributed by atoms with Gasteiger partial charge < -0.3 is 9.47 Å². The lowest BCUT2D eigenvalue weighted by Crippen LogP contribution is -2.35. The van der Waals surface area contributed by atoms with E-state index >= 15 is 0 Å². The predicted octanol–water partition coefficient (Wildman–Crippen LogP) is 2.91. The second-order valence-electron chi connectivity index (χ2n) is 5.41. The zero-order valence-corrected chi connectivity index (χ0v) is 12.5. The van der Waals surface area contributed by atoms with E-state index in [4.69, 9.17) is 9.47 Å². The van der Waals surface area contributed by atoms with E-state index < -0.39 is 11.7 Å². The molecule has 0 saturated carbocycles. The molecule has 1 heterocycles. The zero-order valence-electron chi connectivity index (χ0n) is 12.5. The minimum Gasteiger partial charge on any atom is -0.443 e. The quantitative estimate of drug-likeness (QED) is 0.844. The molecule has 1 aromatic heterocycles. The third-order valence-electron chi connectivity index (χ3n) is 2.38. The van der Waals surface area contributed by atoms with Gasteiger partial charge in [-0.25, -0.2) is 9.78 Å². The number of methoxy groups -OCH3 is 1. The summed E-state index contributed by atoms with van der Waals surface area (Å²) in [5.74, 6) is 0.566. The molecule has 0 radical (unpaired) electrons. The highest BCUT2D eigenvalue weighted by Gasteiger charge is 2.23. The third kappa shape index (κ3) is 4.52. The Morgan fingerprint density at radius 3 is 2.53 bits per heavy atom. The van der Waals surface area contributed by atoms with E-state index in [1.165, 1.54) is 4.90 Å². The van der Waals surface area contributed by atoms with Crippen molar-refractivity contribution >= 4 is 11.9 Å². The molecular weight excluding hydrogens is 244 g/mol. The van der Waals surface area contributed by atoms with Crippen LogP contribution in [0.5, 0.6) is 0 Å². The van der Waals surface area contributed by atoms with E-state index in [1.54, 1.807) is 14.2 Å². The van der Waals surface area contributed by atoms with Gasteiger partial charge in [0.05, 0.1) is 6.61 Å². The summed E-state index contributed by atoms with van der Waals surface area (Å²) in [5.41, 5.74) is 1.16. The van der Waals surface area contributed by atoms with Gasteiger partial charge in [0, 0.05) is 25.4 Å². The Bertz CT molecular complexity index is 452. The Labute approximate surface area is 114 Å². The van der Waals surface area contributed by atoms with Gasteiger partial charge in [-0.2, -0.15) is 0 Å². The van der Waals surface area contributed by atoms with Crippen LogP contribution in [0, 0.1) is 6.92 Å². The van der Waals surface area contributed by atoms with Crippen molar-refractivity contribution in [3.05, 3.63) is 23.4 Å². The van der Waals surface area contributed by atoms with Crippen molar-refractivity contribution < 1.29 is 14.3 Å². The fraction of sp³-hybridized carbons (Fsp3) is 0.571. The van der Waals surface area contributed by atoms with E-state index in [-0.39, 0.29) is 0 Å². The molecule has 0 atom stereocenters. The molecule has 5 nitrogen and oxygen atoms in total. The number of carbonyl (C=O) groups is 1. The van der Waals surface area contributed by atoms with Crippen LogP contribution in [0.4, 0.5) is 10.6 Å². The summed E-state index contributed by atoms with van der Waals surface area (Å²) in [7, 11) is 3.26. The number of carbonyl (C=O) groups excluding carboxylic acids is 1. The lowest BCUT2D eigenvalue weighted by Gasteiger charge is -2.25. The molecule has 0 fully saturated rings. The van der Waals surface area contributed by atoms with Gasteiger partial charge in [-0.3, -0.25) is 4.90 Å². The molecule has 106 valence electrons. The van der Waals surface area contributed by atoms with Gasteiger partial charge in [-0.05, 0) is 33.8 Å². The second-order valence-corrected chi connectivity index (χ2v) is 5.41. The minimum atomic E-state index is -0.531. The van der Waals surface area contributed by atoms with Crippen molar-refractivity contribution in [3.63, 3.8) is 0 Å². The topological polar surface area (TPSA) is 51.7 Å². The average Bonchev–Trinajstić information content (AvgIpc) is 2.28. The maximum absolute atomic E-state index is 12.0. The van der Waals surface area contributed by atoms with Gasteiger partial charge in [0.2, 0.25) is 0 Å². The molecule has 0 saturated heterocycles. The highest BCUT2D eigenvalue weighted by molar-refractivity contribution is 5.86. The number of nitrogens with zero attached hydrogens (tertiary/aromatic N) is 2. The Morgan fingerprint density at radius 2 is 2.00 bits per heavy atom. The summed E-state index contributed by atoms with van der Waals surface area (Å²) in [6.45, 7) is 7.77. The first-order chi connectivity index (χ1) is 8.74. The lowest BCUT2D eigenvalue weighted by atomic mass is 10.2. The molecule has 19 heavy (non-hydrogen) atoms. The number of rotatable bonds is 3. The van der Waals surface area contributed by atoms with Crippen LogP contribution >= 0.6 is 0 Å². The number of aryl methyl sites for hydroxylation is 1. The maximum atomic E-state index is 12.0. The van der Waals surface area contributed by atoms with Crippen molar-refractivity contribution in [1.29, 1.82) is 0 Å². The van der Waals surface area contributed by atoms with Gasteiger partial charge in [0.15, 0.2) is 0 Å². The normalized spacial score (nSPS) is 11.3. The van der Waals surface area contributed by atoms with Gasteiger partial charge in [0.1, 0.15) is 11.4 Å². The second kappa shape index (κ2) is 6.02. The van der Waals surface area contributed by atoms with Gasteiger partial charge in [0.25, 0.3) is 0 Å². The summed E-state index contributed by atoms with van der Waals surface area (Å²) in [5, 5.41) is 0. The highest BCUT2D eigenvalue weighted by Crippen LogP contribution is 2.20. The molecule has 0 aliphatic rings. The van der Waals surface area contributed by atoms with Crippen LogP contribution in [-0.4, -0.2) is 30.8 Å². The first-order valence-electron chi connectivity index (χ1n) is 6.17. The molecule has 1 amide bonds. The summed E-state index contributed by atoms with van der Waals surface area (Å²) in [6.07, 6.45) is -0.428. The van der Waals surface area contributed by atoms with Crippen LogP contribution in [0.3, 0.4) is 0 Å². The molecule has 0 aliphatic heterocycles. The molecule has 0 unspecified atom stereocenters. The van der Waals surface area contributed by atoms with Crippen molar-refractivity contribution in [1.82, 2.24) is 4.98 Å². The molecular formula is C14H22N2O3. The van der Waals surface area contributed by atoms with Crippen LogP contribution in [0.25, 0.3) is 0 Å². The molecule has 1 rings (SSSR count). The van der Waals surface area contributed by atoms with E-state index in [2.05, 4.69) is 4.98 Å². The standard InChI is InChI=1S/C14H22N2O3/c1-10-7-8-11(9-18-6)12(15-10)16(5)13(17)19-14(2,3)4/h7-8H,9H2,1-6H3. The van der Waals surface area contributed by atoms with E-state index in [9.17, 15) is 4.79 Å². The summed E-state index contributed by atoms with van der Waals surface area (Å²) in [6, 6.07) is 3.79. The van der Waals surface area contributed by atoms with Gasteiger partial charge in [-0.15, -0.1) is 0 Å². The lowest BCUT2D eigenvalue weighted by molar-refractivity contribution is 0.0587. The average molecular weight is 266 g/mol. The largest absolute Gasteiger partial charge is 0.443 e. The fourth-order valence-corrected chi connectivity index (χ4v) is 1.55. The SMILES string of the molecule is COCc1ccc(C)nc1N(C)C(=O)OC(C)(C)C. The highest BCUT2D eigenvalue weighted by atomic mass is 16.6. The summed E-state index contributed by atoms with van der Waals surface area (Å²) >= 11 is 0. The molecule has 1 aromatic rings. The fourth-order valence-electron chi connectivity index (χ4n) is 1.55. The van der Waals surface area contributed by atoms with Crippen LogP contribution in [0.15, 0.2) is 12.1 Å². The van der Waals surface area contributed by atoms with Crippen LogP contribution in [-0.2, 0) is 16.1 Å². The number of amides is 1. The van der Waals surface area contributed by atoms with E-state index in [1.807, 2.05) is 39.8 Å². The Kier molecular flexibility index (Phi) is 4.89. The van der Waals surface area contributed by atoms with E-state index in [0.717, 1.165) is 11.3 Å². The predicted molar refractivity (Wildman–Crippen MR) is 74.3 cm³/mol. The number of ether oxygens (including phenoxy) is 2. The monoisotopic (exact) mass is 266 g/mol. The van der Waals surface area contributed by atoms with Crippen LogP contribution < -0.4 is 4.90 Å². The van der Waals surface area contributed by atoms with E-state index in [0.29, 0.717) is 12.4 Å². The minimum absolute atomic E-state index is 0.399. The smallest absolute Gasteiger partial charge is 0.415 e. The van der Waals surface area contributed by atoms with Crippen LogP contribution in [0.2, 0.25) is 0 Å². The van der Waals surface area contributed by atoms with Crippen LogP contribution in [0.1, 0.15) is 32.0 Å². The number of aromatic nitrogens is 1. The summed E-state index contributed by atoms with van der Waals surface area (Å²) < 4.78 is 10.5. The zero-order chi connectivity index (χ0) is 14.6. The first-order valence-corrected chi connectivity index (χ1v) is 6.17. The number of anilines is 1. The van der Waals surface area contributed by atoms with Gasteiger partial charge in [-0.1, -0.05) is 6.07 Å². The molecule has 0 aliphatic carbocycles. The third-order valence-corrected chi connectivity index (χ3v) is 2.38. The molecule has 0 N–H and O–H groups in total. The Balaban J connectivity index is 3.00. The Hall–Kier alpha value is -1.62.